The Kier molecular flexibility index (Phi) is 4.16. The lowest BCUT2D eigenvalue weighted by molar-refractivity contribution is 0.0948. The molecule has 2 rings (SSSR count). The van der Waals surface area contributed by atoms with E-state index in [4.69, 9.17) is 5.73 Å². The summed E-state index contributed by atoms with van der Waals surface area (Å²) in [4.78, 5) is 12.1. The number of benzene rings is 1. The molecule has 2 aromatic rings. The molecule has 0 saturated carbocycles. The molecule has 1 aromatic carbocycles. The SMILES string of the molecule is CCn1cnnc1CNC(=O)c1cccc(N)c1Br. The number of nitrogens with zero attached hydrogens (tertiary/aromatic N) is 3. The number of rotatable bonds is 4. The Bertz CT molecular complexity index is 596. The highest BCUT2D eigenvalue weighted by atomic mass is 79.9. The Morgan fingerprint density at radius 1 is 1.53 bits per heavy atom. The number of carbonyl (C=O) groups is 1. The summed E-state index contributed by atoms with van der Waals surface area (Å²) in [7, 11) is 0. The second kappa shape index (κ2) is 5.83. The number of nitrogen functional groups attached to an aromatic ring is 1. The summed E-state index contributed by atoms with van der Waals surface area (Å²) in [5.74, 6) is 0.515. The van der Waals surface area contributed by atoms with E-state index < -0.39 is 0 Å². The van der Waals surface area contributed by atoms with Crippen LogP contribution in [0.15, 0.2) is 29.0 Å². The number of hydrogen-bond donors (Lipinski definition) is 2. The van der Waals surface area contributed by atoms with Crippen molar-refractivity contribution in [1.29, 1.82) is 0 Å². The summed E-state index contributed by atoms with van der Waals surface area (Å²) < 4.78 is 2.47. The van der Waals surface area contributed by atoms with Crippen LogP contribution in [0.25, 0.3) is 0 Å². The second-order valence-electron chi connectivity index (χ2n) is 3.92. The highest BCUT2D eigenvalue weighted by Crippen LogP contribution is 2.23. The Morgan fingerprint density at radius 2 is 2.32 bits per heavy atom. The predicted molar refractivity (Wildman–Crippen MR) is 75.4 cm³/mol. The van der Waals surface area contributed by atoms with Crippen molar-refractivity contribution in [1.82, 2.24) is 20.1 Å². The van der Waals surface area contributed by atoms with E-state index in [1.807, 2.05) is 11.5 Å². The molecule has 0 unspecified atom stereocenters. The smallest absolute Gasteiger partial charge is 0.252 e. The fourth-order valence-electron chi connectivity index (χ4n) is 1.66. The van der Waals surface area contributed by atoms with Gasteiger partial charge in [-0.1, -0.05) is 6.07 Å². The van der Waals surface area contributed by atoms with Gasteiger partial charge in [-0.25, -0.2) is 0 Å². The van der Waals surface area contributed by atoms with Gasteiger partial charge in [0.05, 0.1) is 16.6 Å². The molecule has 1 heterocycles. The first-order valence-electron chi connectivity index (χ1n) is 5.82. The third kappa shape index (κ3) is 2.93. The number of halogens is 1. The third-order valence-corrected chi connectivity index (χ3v) is 3.60. The first kappa shape index (κ1) is 13.5. The van der Waals surface area contributed by atoms with Crippen LogP contribution in [0.2, 0.25) is 0 Å². The molecule has 3 N–H and O–H groups in total. The molecule has 0 spiro atoms. The molecule has 0 fully saturated rings. The summed E-state index contributed by atoms with van der Waals surface area (Å²) in [5, 5.41) is 10.6. The zero-order valence-electron chi connectivity index (χ0n) is 10.4. The lowest BCUT2D eigenvalue weighted by atomic mass is 10.2. The molecule has 1 amide bonds. The Morgan fingerprint density at radius 3 is 3.05 bits per heavy atom. The average Bonchev–Trinajstić information content (AvgIpc) is 2.86. The number of anilines is 1. The van der Waals surface area contributed by atoms with Gasteiger partial charge in [0, 0.05) is 12.2 Å². The largest absolute Gasteiger partial charge is 0.398 e. The zero-order chi connectivity index (χ0) is 13.8. The highest BCUT2D eigenvalue weighted by molar-refractivity contribution is 9.10. The number of amides is 1. The molecular formula is C12H14BrN5O. The van der Waals surface area contributed by atoms with Gasteiger partial charge in [-0.05, 0) is 35.0 Å². The molecule has 19 heavy (non-hydrogen) atoms. The van der Waals surface area contributed by atoms with Gasteiger partial charge in [-0.3, -0.25) is 4.79 Å². The van der Waals surface area contributed by atoms with Crippen molar-refractivity contribution in [3.8, 4) is 0 Å². The van der Waals surface area contributed by atoms with Crippen LogP contribution in [0.5, 0.6) is 0 Å². The molecule has 0 aliphatic heterocycles. The molecule has 0 aliphatic carbocycles. The van der Waals surface area contributed by atoms with Gasteiger partial charge in [0.15, 0.2) is 5.82 Å². The molecule has 0 saturated heterocycles. The number of carbonyl (C=O) groups excluding carboxylic acids is 1. The second-order valence-corrected chi connectivity index (χ2v) is 4.72. The lowest BCUT2D eigenvalue weighted by Crippen LogP contribution is -2.25. The van der Waals surface area contributed by atoms with Crippen molar-refractivity contribution >= 4 is 27.5 Å². The molecule has 0 atom stereocenters. The van der Waals surface area contributed by atoms with Crippen LogP contribution in [-0.2, 0) is 13.1 Å². The van der Waals surface area contributed by atoms with Gasteiger partial charge in [0.25, 0.3) is 5.91 Å². The number of nitrogens with two attached hydrogens (primary N) is 1. The van der Waals surface area contributed by atoms with E-state index in [-0.39, 0.29) is 5.91 Å². The fraction of sp³-hybridized carbons (Fsp3) is 0.250. The minimum Gasteiger partial charge on any atom is -0.398 e. The first-order chi connectivity index (χ1) is 9.13. The van der Waals surface area contributed by atoms with Gasteiger partial charge in [-0.2, -0.15) is 0 Å². The molecule has 7 heteroatoms. The van der Waals surface area contributed by atoms with Crippen LogP contribution in [0.1, 0.15) is 23.1 Å². The van der Waals surface area contributed by atoms with E-state index in [1.165, 1.54) is 0 Å². The van der Waals surface area contributed by atoms with Crippen LogP contribution in [0, 0.1) is 0 Å². The van der Waals surface area contributed by atoms with E-state index in [0.717, 1.165) is 12.4 Å². The zero-order valence-corrected chi connectivity index (χ0v) is 12.0. The molecule has 0 radical (unpaired) electrons. The van der Waals surface area contributed by atoms with Gasteiger partial charge in [-0.15, -0.1) is 10.2 Å². The standard InChI is InChI=1S/C12H14BrN5O/c1-2-18-7-16-17-10(18)6-15-12(19)8-4-3-5-9(14)11(8)13/h3-5,7H,2,6,14H2,1H3,(H,15,19). The number of aromatic nitrogens is 3. The van der Waals surface area contributed by atoms with Crippen molar-refractivity contribution < 1.29 is 4.79 Å². The van der Waals surface area contributed by atoms with Gasteiger partial charge in [0.2, 0.25) is 0 Å². The van der Waals surface area contributed by atoms with E-state index in [2.05, 4.69) is 31.4 Å². The molecular weight excluding hydrogens is 310 g/mol. The third-order valence-electron chi connectivity index (χ3n) is 2.72. The minimum absolute atomic E-state index is 0.204. The Hall–Kier alpha value is -1.89. The van der Waals surface area contributed by atoms with E-state index >= 15 is 0 Å². The van der Waals surface area contributed by atoms with Crippen molar-refractivity contribution in [3.05, 3.63) is 40.4 Å². The number of aryl methyl sites for hydroxylation is 1. The van der Waals surface area contributed by atoms with Gasteiger partial charge >= 0.3 is 0 Å². The number of hydrogen-bond acceptors (Lipinski definition) is 4. The van der Waals surface area contributed by atoms with Crippen molar-refractivity contribution in [2.45, 2.75) is 20.0 Å². The highest BCUT2D eigenvalue weighted by Gasteiger charge is 2.12. The van der Waals surface area contributed by atoms with E-state index in [1.54, 1.807) is 24.5 Å². The normalized spacial score (nSPS) is 10.4. The summed E-state index contributed by atoms with van der Waals surface area (Å²) in [6.07, 6.45) is 1.64. The van der Waals surface area contributed by atoms with Crippen molar-refractivity contribution in [2.75, 3.05) is 5.73 Å². The molecule has 1 aromatic heterocycles. The minimum atomic E-state index is -0.204. The first-order valence-corrected chi connectivity index (χ1v) is 6.61. The van der Waals surface area contributed by atoms with Crippen LogP contribution >= 0.6 is 15.9 Å². The molecule has 0 aliphatic rings. The number of nitrogens with one attached hydrogen (secondary N) is 1. The average molecular weight is 324 g/mol. The van der Waals surface area contributed by atoms with Crippen molar-refractivity contribution in [2.24, 2.45) is 0 Å². The van der Waals surface area contributed by atoms with Gasteiger partial charge in [0.1, 0.15) is 6.33 Å². The summed E-state index contributed by atoms with van der Waals surface area (Å²) in [6, 6.07) is 5.18. The summed E-state index contributed by atoms with van der Waals surface area (Å²) >= 11 is 3.31. The lowest BCUT2D eigenvalue weighted by Gasteiger charge is -2.08. The maximum Gasteiger partial charge on any atom is 0.252 e. The monoisotopic (exact) mass is 323 g/mol. The molecule has 0 bridgehead atoms. The summed E-state index contributed by atoms with van der Waals surface area (Å²) in [5.41, 5.74) is 6.78. The quantitative estimate of drug-likeness (QED) is 0.836. The summed E-state index contributed by atoms with van der Waals surface area (Å²) in [6.45, 7) is 3.08. The maximum absolute atomic E-state index is 12.1. The van der Waals surface area contributed by atoms with Crippen LogP contribution < -0.4 is 11.1 Å². The van der Waals surface area contributed by atoms with Gasteiger partial charge < -0.3 is 15.6 Å². The molecule has 6 nitrogen and oxygen atoms in total. The molecule has 100 valence electrons. The van der Waals surface area contributed by atoms with Crippen molar-refractivity contribution in [3.63, 3.8) is 0 Å². The van der Waals surface area contributed by atoms with E-state index in [9.17, 15) is 4.79 Å². The fourth-order valence-corrected chi connectivity index (χ4v) is 2.10. The Labute approximate surface area is 119 Å². The van der Waals surface area contributed by atoms with Crippen LogP contribution in [0.3, 0.4) is 0 Å². The van der Waals surface area contributed by atoms with E-state index in [0.29, 0.717) is 22.3 Å². The van der Waals surface area contributed by atoms with Crippen LogP contribution in [-0.4, -0.2) is 20.7 Å². The maximum atomic E-state index is 12.1. The topological polar surface area (TPSA) is 85.8 Å². The Balaban J connectivity index is 2.08. The van der Waals surface area contributed by atoms with Crippen LogP contribution in [0.4, 0.5) is 5.69 Å². The predicted octanol–water partition coefficient (Wildman–Crippen LogP) is 1.57.